The number of hydrogen-bond donors (Lipinski definition) is 0. The molecule has 0 aromatic carbocycles. The van der Waals surface area contributed by atoms with E-state index >= 15 is 0 Å². The van der Waals surface area contributed by atoms with Gasteiger partial charge in [-0.25, -0.2) is 14.5 Å². The fourth-order valence-corrected chi connectivity index (χ4v) is 1.94. The van der Waals surface area contributed by atoms with E-state index in [2.05, 4.69) is 28.2 Å². The Bertz CT molecular complexity index is 902. The van der Waals surface area contributed by atoms with Crippen molar-refractivity contribution in [3.63, 3.8) is 0 Å². The lowest BCUT2D eigenvalue weighted by Gasteiger charge is -2.11. The van der Waals surface area contributed by atoms with Gasteiger partial charge in [0.2, 0.25) is 0 Å². The smallest absolute Gasteiger partial charge is 0.267 e. The van der Waals surface area contributed by atoms with E-state index in [0.29, 0.717) is 12.4 Å². The molecule has 0 fully saturated rings. The van der Waals surface area contributed by atoms with E-state index in [-0.39, 0.29) is 11.5 Å². The summed E-state index contributed by atoms with van der Waals surface area (Å²) in [5.41, 5.74) is -0.187. The molecule has 23 heavy (non-hydrogen) atoms. The van der Waals surface area contributed by atoms with Crippen molar-refractivity contribution in [3.05, 3.63) is 69.7 Å². The summed E-state index contributed by atoms with van der Waals surface area (Å²) in [5.74, 6) is 0.525. The average Bonchev–Trinajstić information content (AvgIpc) is 2.56. The summed E-state index contributed by atoms with van der Waals surface area (Å²) >= 11 is 0. The first kappa shape index (κ1) is 16.3. The highest BCUT2D eigenvalue weighted by molar-refractivity contribution is 5.54. The van der Waals surface area contributed by atoms with E-state index in [0.717, 1.165) is 10.1 Å². The van der Waals surface area contributed by atoms with Gasteiger partial charge in [-0.1, -0.05) is 37.5 Å². The molecule has 0 aromatic rings. The third-order valence-electron chi connectivity index (χ3n) is 3.17. The van der Waals surface area contributed by atoms with Crippen molar-refractivity contribution in [1.82, 2.24) is 24.3 Å². The van der Waals surface area contributed by atoms with Crippen molar-refractivity contribution < 1.29 is 0 Å². The van der Waals surface area contributed by atoms with Crippen LogP contribution in [0.3, 0.4) is 0 Å². The van der Waals surface area contributed by atoms with Crippen molar-refractivity contribution >= 4 is 6.08 Å². The summed E-state index contributed by atoms with van der Waals surface area (Å²) in [7, 11) is 1.37. The molecule has 2 heterocycles. The van der Waals surface area contributed by atoms with Gasteiger partial charge in [-0.05, 0) is 18.6 Å². The molecular formula is C16H17N5O2. The predicted octanol–water partition coefficient (Wildman–Crippen LogP) is 1.17. The SMILES string of the molecule is C=C/C=C(C=C)/C=C/c1nc2c(=O)n(C)c(=O)nc-2n(CC)n1. The standard InChI is InChI=1S/C16H17N5O2/c1-5-8-11(6-2)9-10-12-17-13-14(21(7-3)19-12)18-16(23)20(4)15(13)22/h5-6,8-10H,1-2,7H2,3-4H3/b10-9+,11-8+. The highest BCUT2D eigenvalue weighted by Gasteiger charge is 2.18. The number of allylic oxidation sites excluding steroid dienone is 5. The van der Waals surface area contributed by atoms with Crippen LogP contribution in [-0.4, -0.2) is 24.3 Å². The van der Waals surface area contributed by atoms with Crippen LogP contribution in [0.25, 0.3) is 17.6 Å². The van der Waals surface area contributed by atoms with Crippen LogP contribution in [0.2, 0.25) is 0 Å². The minimum absolute atomic E-state index is 0.108. The zero-order chi connectivity index (χ0) is 17.0. The van der Waals surface area contributed by atoms with Crippen LogP contribution in [0.5, 0.6) is 0 Å². The van der Waals surface area contributed by atoms with Crippen molar-refractivity contribution in [2.45, 2.75) is 13.5 Å². The Hall–Kier alpha value is -3.09. The van der Waals surface area contributed by atoms with Crippen LogP contribution in [-0.2, 0) is 13.6 Å². The molecule has 0 bridgehead atoms. The van der Waals surface area contributed by atoms with Gasteiger partial charge in [0.15, 0.2) is 17.3 Å². The number of rotatable bonds is 5. The zero-order valence-electron chi connectivity index (χ0n) is 13.1. The first-order valence-electron chi connectivity index (χ1n) is 7.01. The fourth-order valence-electron chi connectivity index (χ4n) is 1.94. The highest BCUT2D eigenvalue weighted by Crippen LogP contribution is 2.11. The monoisotopic (exact) mass is 311 g/mol. The minimum atomic E-state index is -0.626. The minimum Gasteiger partial charge on any atom is -0.267 e. The molecule has 118 valence electrons. The lowest BCUT2D eigenvalue weighted by atomic mass is 10.2. The molecule has 0 aliphatic carbocycles. The molecule has 0 saturated carbocycles. The Kier molecular flexibility index (Phi) is 4.80. The second-order valence-corrected chi connectivity index (χ2v) is 4.66. The Balaban J connectivity index is 2.66. The molecule has 2 rings (SSSR count). The highest BCUT2D eigenvalue weighted by atomic mass is 16.2. The fraction of sp³-hybridized carbons (Fsp3) is 0.188. The molecule has 7 heteroatoms. The largest absolute Gasteiger partial charge is 0.352 e. The molecule has 0 radical (unpaired) electrons. The van der Waals surface area contributed by atoms with Gasteiger partial charge in [0.1, 0.15) is 0 Å². The van der Waals surface area contributed by atoms with Crippen molar-refractivity contribution in [2.75, 3.05) is 0 Å². The van der Waals surface area contributed by atoms with Crippen LogP contribution in [0.15, 0.2) is 52.6 Å². The van der Waals surface area contributed by atoms with Crippen LogP contribution in [0.1, 0.15) is 12.7 Å². The Morgan fingerprint density at radius 1 is 1.26 bits per heavy atom. The maximum atomic E-state index is 12.2. The Morgan fingerprint density at radius 2 is 2.00 bits per heavy atom. The van der Waals surface area contributed by atoms with E-state index in [4.69, 9.17) is 0 Å². The third kappa shape index (κ3) is 3.23. The third-order valence-corrected chi connectivity index (χ3v) is 3.17. The quantitative estimate of drug-likeness (QED) is 0.774. The van der Waals surface area contributed by atoms with Crippen LogP contribution in [0.4, 0.5) is 0 Å². The predicted molar refractivity (Wildman–Crippen MR) is 89.1 cm³/mol. The number of aromatic nitrogens is 5. The first-order valence-corrected chi connectivity index (χ1v) is 7.01. The molecule has 0 N–H and O–H groups in total. The lowest BCUT2D eigenvalue weighted by Crippen LogP contribution is -2.37. The molecule has 2 aliphatic heterocycles. The lowest BCUT2D eigenvalue weighted by molar-refractivity contribution is 0.604. The van der Waals surface area contributed by atoms with E-state index in [9.17, 15) is 9.59 Å². The van der Waals surface area contributed by atoms with E-state index < -0.39 is 11.2 Å². The van der Waals surface area contributed by atoms with Gasteiger partial charge < -0.3 is 0 Å². The van der Waals surface area contributed by atoms with Crippen LogP contribution >= 0.6 is 0 Å². The second-order valence-electron chi connectivity index (χ2n) is 4.66. The average molecular weight is 311 g/mol. The van der Waals surface area contributed by atoms with Gasteiger partial charge in [0.25, 0.3) is 5.56 Å². The molecule has 7 nitrogen and oxygen atoms in total. The number of nitrogens with zero attached hydrogens (tertiary/aromatic N) is 5. The van der Waals surface area contributed by atoms with Crippen LogP contribution in [0, 0.1) is 0 Å². The Morgan fingerprint density at radius 3 is 2.61 bits per heavy atom. The summed E-state index contributed by atoms with van der Waals surface area (Å²) in [5, 5.41) is 4.28. The molecular weight excluding hydrogens is 294 g/mol. The van der Waals surface area contributed by atoms with Crippen molar-refractivity contribution in [1.29, 1.82) is 0 Å². The summed E-state index contributed by atoms with van der Waals surface area (Å²) in [6.07, 6.45) is 8.51. The first-order chi connectivity index (χ1) is 11.0. The number of fused-ring (bicyclic) bond motifs is 1. The molecule has 2 aliphatic rings. The molecule has 0 unspecified atom stereocenters. The number of aryl methyl sites for hydroxylation is 1. The molecule has 0 aromatic heterocycles. The summed E-state index contributed by atoms with van der Waals surface area (Å²) in [4.78, 5) is 32.0. The van der Waals surface area contributed by atoms with E-state index in [1.165, 1.54) is 11.7 Å². The molecule has 0 atom stereocenters. The van der Waals surface area contributed by atoms with Crippen LogP contribution < -0.4 is 11.2 Å². The van der Waals surface area contributed by atoms with E-state index in [1.54, 1.807) is 30.4 Å². The van der Waals surface area contributed by atoms with Gasteiger partial charge >= 0.3 is 5.69 Å². The zero-order valence-corrected chi connectivity index (χ0v) is 13.1. The van der Waals surface area contributed by atoms with Gasteiger partial charge in [-0.3, -0.25) is 9.36 Å². The van der Waals surface area contributed by atoms with Gasteiger partial charge in [-0.2, -0.15) is 10.1 Å². The van der Waals surface area contributed by atoms with Gasteiger partial charge in [0, 0.05) is 13.6 Å². The summed E-state index contributed by atoms with van der Waals surface area (Å²) in [6.45, 7) is 9.62. The maximum Gasteiger partial charge on any atom is 0.352 e. The van der Waals surface area contributed by atoms with E-state index in [1.807, 2.05) is 6.92 Å². The molecule has 0 spiro atoms. The maximum absolute atomic E-state index is 12.2. The number of hydrogen-bond acceptors (Lipinski definition) is 5. The molecule has 0 amide bonds. The summed E-state index contributed by atoms with van der Waals surface area (Å²) < 4.78 is 2.41. The normalized spacial score (nSPS) is 12.0. The topological polar surface area (TPSA) is 82.7 Å². The van der Waals surface area contributed by atoms with Gasteiger partial charge in [0.05, 0.1) is 0 Å². The summed E-state index contributed by atoms with van der Waals surface area (Å²) in [6, 6.07) is 0. The Labute approximate surface area is 133 Å². The second kappa shape index (κ2) is 6.78. The molecule has 0 saturated heterocycles. The van der Waals surface area contributed by atoms with Crippen molar-refractivity contribution in [2.24, 2.45) is 7.05 Å². The van der Waals surface area contributed by atoms with Crippen molar-refractivity contribution in [3.8, 4) is 11.5 Å². The van der Waals surface area contributed by atoms with Gasteiger partial charge in [-0.15, -0.1) is 0 Å².